The van der Waals surface area contributed by atoms with E-state index in [1.807, 2.05) is 30.3 Å². The number of H-pyrrole nitrogens is 1. The number of nitrogens with zero attached hydrogens (tertiary/aromatic N) is 3. The molecule has 0 fully saturated rings. The Bertz CT molecular complexity index is 1110. The predicted octanol–water partition coefficient (Wildman–Crippen LogP) is 4.13. The van der Waals surface area contributed by atoms with Crippen LogP contribution in [0.15, 0.2) is 75.6 Å². The van der Waals surface area contributed by atoms with Crippen LogP contribution in [0.1, 0.15) is 0 Å². The highest BCUT2D eigenvalue weighted by molar-refractivity contribution is 8.02. The minimum Gasteiger partial charge on any atom is -0.301 e. The van der Waals surface area contributed by atoms with Gasteiger partial charge in [-0.25, -0.2) is 14.1 Å². The topological polar surface area (TPSA) is 63.6 Å². The summed E-state index contributed by atoms with van der Waals surface area (Å²) in [6.45, 7) is 0. The lowest BCUT2D eigenvalue weighted by Gasteiger charge is -2.04. The van der Waals surface area contributed by atoms with Crippen molar-refractivity contribution in [1.29, 1.82) is 0 Å². The van der Waals surface area contributed by atoms with E-state index in [9.17, 15) is 9.18 Å². The Balaban J connectivity index is 1.49. The molecule has 0 spiro atoms. The van der Waals surface area contributed by atoms with Crippen LogP contribution in [0, 0.1) is 5.82 Å². The Morgan fingerprint density at radius 2 is 1.74 bits per heavy atom. The Kier molecular flexibility index (Phi) is 5.26. The third-order valence-electron chi connectivity index (χ3n) is 3.82. The van der Waals surface area contributed by atoms with E-state index in [0.717, 1.165) is 22.1 Å². The molecule has 2 heterocycles. The summed E-state index contributed by atoms with van der Waals surface area (Å²) in [6.07, 6.45) is 1.53. The molecular weight excluding hydrogens is 383 g/mol. The first-order valence-electron chi connectivity index (χ1n) is 8.25. The normalized spacial score (nSPS) is 11.1. The van der Waals surface area contributed by atoms with Crippen LogP contribution >= 0.6 is 23.5 Å². The minimum atomic E-state index is -0.237. The zero-order chi connectivity index (χ0) is 18.6. The summed E-state index contributed by atoms with van der Waals surface area (Å²) in [7, 11) is 0. The maximum atomic E-state index is 12.9. The summed E-state index contributed by atoms with van der Waals surface area (Å²) >= 11 is 3.11. The van der Waals surface area contributed by atoms with E-state index >= 15 is 0 Å². The van der Waals surface area contributed by atoms with Crippen molar-refractivity contribution in [2.45, 2.75) is 10.1 Å². The van der Waals surface area contributed by atoms with E-state index in [1.54, 1.807) is 28.6 Å². The fourth-order valence-corrected chi connectivity index (χ4v) is 4.29. The van der Waals surface area contributed by atoms with Gasteiger partial charge >= 0.3 is 0 Å². The predicted molar refractivity (Wildman–Crippen MR) is 107 cm³/mol. The van der Waals surface area contributed by atoms with Gasteiger partial charge in [0.1, 0.15) is 11.2 Å². The second-order valence-corrected chi connectivity index (χ2v) is 7.90. The summed E-state index contributed by atoms with van der Waals surface area (Å²) in [5.74, 6) is 1.34. The molecule has 0 amide bonds. The summed E-state index contributed by atoms with van der Waals surface area (Å²) in [6, 6.07) is 16.0. The molecule has 0 atom stereocenters. The first-order chi connectivity index (χ1) is 13.2. The number of nitrogens with one attached hydrogen (secondary N) is 1. The van der Waals surface area contributed by atoms with Crippen LogP contribution in [0.3, 0.4) is 0 Å². The van der Waals surface area contributed by atoms with Crippen molar-refractivity contribution in [3.05, 3.63) is 77.0 Å². The molecule has 4 rings (SSSR count). The summed E-state index contributed by atoms with van der Waals surface area (Å²) in [5.41, 5.74) is 1.20. The number of aromatic amines is 1. The van der Waals surface area contributed by atoms with Gasteiger partial charge < -0.3 is 4.98 Å². The lowest BCUT2D eigenvalue weighted by Crippen LogP contribution is -2.10. The third-order valence-corrected chi connectivity index (χ3v) is 5.97. The standard InChI is InChI=1S/C19H15FN4OS2/c20-13-6-8-15(9-7-13)26-10-11-27-19-22-17-16(18(25)23-19)12-21-24(17)14-4-2-1-3-5-14/h1-9,12H,10-11H2,(H,22,23,25). The molecule has 0 radical (unpaired) electrons. The van der Waals surface area contributed by atoms with Crippen LogP contribution in [-0.4, -0.2) is 31.3 Å². The van der Waals surface area contributed by atoms with E-state index in [2.05, 4.69) is 15.1 Å². The number of aromatic nitrogens is 4. The number of thioether (sulfide) groups is 2. The van der Waals surface area contributed by atoms with E-state index in [0.29, 0.717) is 16.2 Å². The molecule has 4 aromatic rings. The van der Waals surface area contributed by atoms with Crippen LogP contribution in [0.5, 0.6) is 0 Å². The van der Waals surface area contributed by atoms with Gasteiger partial charge in [0.2, 0.25) is 0 Å². The van der Waals surface area contributed by atoms with Crippen LogP contribution in [0.25, 0.3) is 16.7 Å². The van der Waals surface area contributed by atoms with Gasteiger partial charge in [0.05, 0.1) is 11.9 Å². The van der Waals surface area contributed by atoms with E-state index in [1.165, 1.54) is 30.1 Å². The molecule has 0 aliphatic heterocycles. The molecule has 0 unspecified atom stereocenters. The Hall–Kier alpha value is -2.58. The zero-order valence-corrected chi connectivity index (χ0v) is 15.8. The average Bonchev–Trinajstić information content (AvgIpc) is 3.12. The zero-order valence-electron chi connectivity index (χ0n) is 14.1. The van der Waals surface area contributed by atoms with Crippen molar-refractivity contribution in [1.82, 2.24) is 19.7 Å². The number of hydrogen-bond donors (Lipinski definition) is 1. The van der Waals surface area contributed by atoms with Crippen LogP contribution in [0.2, 0.25) is 0 Å². The van der Waals surface area contributed by atoms with Crippen molar-refractivity contribution in [2.24, 2.45) is 0 Å². The van der Waals surface area contributed by atoms with Gasteiger partial charge in [-0.2, -0.15) is 5.10 Å². The quantitative estimate of drug-likeness (QED) is 0.301. The number of hydrogen-bond acceptors (Lipinski definition) is 5. The van der Waals surface area contributed by atoms with Gasteiger partial charge in [0.15, 0.2) is 10.8 Å². The SMILES string of the molecule is O=c1[nH]c(SCCSc2ccc(F)cc2)nc2c1cnn2-c1ccccc1. The lowest BCUT2D eigenvalue weighted by molar-refractivity contribution is 0.626. The average molecular weight is 398 g/mol. The second kappa shape index (κ2) is 7.98. The number of para-hydroxylation sites is 1. The molecule has 0 bridgehead atoms. The van der Waals surface area contributed by atoms with Gasteiger partial charge in [0.25, 0.3) is 5.56 Å². The van der Waals surface area contributed by atoms with Gasteiger partial charge in [-0.1, -0.05) is 30.0 Å². The minimum absolute atomic E-state index is 0.198. The smallest absolute Gasteiger partial charge is 0.262 e. The van der Waals surface area contributed by atoms with Gasteiger partial charge in [-0.3, -0.25) is 4.79 Å². The van der Waals surface area contributed by atoms with E-state index in [4.69, 9.17) is 0 Å². The molecule has 8 heteroatoms. The fourth-order valence-electron chi connectivity index (χ4n) is 2.55. The molecule has 0 aliphatic carbocycles. The molecule has 2 aromatic heterocycles. The molecule has 0 saturated carbocycles. The monoisotopic (exact) mass is 398 g/mol. The van der Waals surface area contributed by atoms with Crippen LogP contribution in [-0.2, 0) is 0 Å². The molecular formula is C19H15FN4OS2. The van der Waals surface area contributed by atoms with Crippen molar-refractivity contribution in [3.63, 3.8) is 0 Å². The first-order valence-corrected chi connectivity index (χ1v) is 10.2. The van der Waals surface area contributed by atoms with Gasteiger partial charge in [-0.15, -0.1) is 11.8 Å². The van der Waals surface area contributed by atoms with Crippen molar-refractivity contribution >= 4 is 34.6 Å². The maximum Gasteiger partial charge on any atom is 0.262 e. The maximum absolute atomic E-state index is 12.9. The number of benzene rings is 2. The van der Waals surface area contributed by atoms with Gasteiger partial charge in [0, 0.05) is 16.4 Å². The van der Waals surface area contributed by atoms with Crippen molar-refractivity contribution in [2.75, 3.05) is 11.5 Å². The van der Waals surface area contributed by atoms with E-state index in [-0.39, 0.29) is 11.4 Å². The Morgan fingerprint density at radius 3 is 2.52 bits per heavy atom. The van der Waals surface area contributed by atoms with E-state index < -0.39 is 0 Å². The van der Waals surface area contributed by atoms with Crippen molar-refractivity contribution in [3.8, 4) is 5.69 Å². The first kappa shape index (κ1) is 17.8. The van der Waals surface area contributed by atoms with Gasteiger partial charge in [-0.05, 0) is 36.4 Å². The lowest BCUT2D eigenvalue weighted by atomic mass is 10.3. The molecule has 5 nitrogen and oxygen atoms in total. The highest BCUT2D eigenvalue weighted by Crippen LogP contribution is 2.22. The molecule has 2 aromatic carbocycles. The van der Waals surface area contributed by atoms with Crippen LogP contribution in [0.4, 0.5) is 4.39 Å². The molecule has 27 heavy (non-hydrogen) atoms. The highest BCUT2D eigenvalue weighted by atomic mass is 32.2. The Morgan fingerprint density at radius 1 is 1.00 bits per heavy atom. The van der Waals surface area contributed by atoms with Crippen LogP contribution < -0.4 is 5.56 Å². The summed E-state index contributed by atoms with van der Waals surface area (Å²) < 4.78 is 14.6. The molecule has 0 saturated heterocycles. The number of halogens is 1. The largest absolute Gasteiger partial charge is 0.301 e. The summed E-state index contributed by atoms with van der Waals surface area (Å²) in [4.78, 5) is 20.7. The highest BCUT2D eigenvalue weighted by Gasteiger charge is 2.11. The third kappa shape index (κ3) is 4.06. The summed E-state index contributed by atoms with van der Waals surface area (Å²) in [5, 5.41) is 5.32. The fraction of sp³-hybridized carbons (Fsp3) is 0.105. The molecule has 0 aliphatic rings. The number of rotatable bonds is 6. The number of fused-ring (bicyclic) bond motifs is 1. The van der Waals surface area contributed by atoms with Crippen molar-refractivity contribution < 1.29 is 4.39 Å². The second-order valence-electron chi connectivity index (χ2n) is 5.65. The molecule has 136 valence electrons. The Labute approximate surface area is 163 Å². The molecule has 1 N–H and O–H groups in total.